The van der Waals surface area contributed by atoms with Gasteiger partial charge < -0.3 is 24.8 Å². The second kappa shape index (κ2) is 10.9. The number of benzene rings is 1. The van der Waals surface area contributed by atoms with Crippen LogP contribution in [0.4, 0.5) is 0 Å². The summed E-state index contributed by atoms with van der Waals surface area (Å²) in [5.41, 5.74) is 1.07. The molecule has 2 N–H and O–H groups in total. The third-order valence-corrected chi connectivity index (χ3v) is 3.66. The van der Waals surface area contributed by atoms with Crippen molar-refractivity contribution in [3.8, 4) is 5.75 Å². The van der Waals surface area contributed by atoms with Gasteiger partial charge in [0.25, 0.3) is 0 Å². The van der Waals surface area contributed by atoms with Crippen LogP contribution in [-0.2, 0) is 16.0 Å². The molecule has 6 heteroatoms. The second-order valence-corrected chi connectivity index (χ2v) is 5.81. The van der Waals surface area contributed by atoms with Gasteiger partial charge in [0.2, 0.25) is 0 Å². The Morgan fingerprint density at radius 3 is 2.67 bits per heavy atom. The van der Waals surface area contributed by atoms with Gasteiger partial charge in [-0.1, -0.05) is 18.2 Å². The van der Waals surface area contributed by atoms with Gasteiger partial charge in [0.05, 0.1) is 13.2 Å². The molecule has 0 radical (unpaired) electrons. The first kappa shape index (κ1) is 18.5. The first-order valence-electron chi connectivity index (χ1n) is 8.57. The number of hydrogen-bond donors (Lipinski definition) is 2. The van der Waals surface area contributed by atoms with Crippen LogP contribution in [0.1, 0.15) is 24.8 Å². The molecule has 0 saturated heterocycles. The van der Waals surface area contributed by atoms with Gasteiger partial charge in [-0.25, -0.2) is 4.99 Å². The summed E-state index contributed by atoms with van der Waals surface area (Å²) in [5.74, 6) is 1.73. The van der Waals surface area contributed by atoms with Gasteiger partial charge in [-0.3, -0.25) is 0 Å². The van der Waals surface area contributed by atoms with Gasteiger partial charge in [0, 0.05) is 39.0 Å². The largest absolute Gasteiger partial charge is 0.491 e. The molecule has 0 aliphatic heterocycles. The Labute approximate surface area is 144 Å². The number of aliphatic imine (C=N–C) groups is 1. The second-order valence-electron chi connectivity index (χ2n) is 5.81. The molecule has 1 aromatic carbocycles. The molecule has 0 atom stereocenters. The zero-order valence-electron chi connectivity index (χ0n) is 14.7. The Morgan fingerprint density at radius 2 is 1.92 bits per heavy atom. The van der Waals surface area contributed by atoms with Crippen molar-refractivity contribution in [1.82, 2.24) is 10.6 Å². The Balaban J connectivity index is 1.91. The lowest BCUT2D eigenvalue weighted by molar-refractivity contribution is 0.146. The van der Waals surface area contributed by atoms with Crippen molar-refractivity contribution in [2.45, 2.75) is 31.8 Å². The third kappa shape index (κ3) is 7.19. The van der Waals surface area contributed by atoms with Crippen LogP contribution in [0.2, 0.25) is 0 Å². The maximum Gasteiger partial charge on any atom is 0.191 e. The molecular formula is C18H29N3O3. The highest BCUT2D eigenvalue weighted by Crippen LogP contribution is 2.20. The average Bonchev–Trinajstić information content (AvgIpc) is 3.41. The van der Waals surface area contributed by atoms with Crippen LogP contribution in [0, 0.1) is 0 Å². The number of hydrogen-bond acceptors (Lipinski definition) is 4. The van der Waals surface area contributed by atoms with Crippen LogP contribution in [-0.4, -0.2) is 52.6 Å². The maximum absolute atomic E-state index is 5.76. The first-order valence-corrected chi connectivity index (χ1v) is 8.57. The fourth-order valence-electron chi connectivity index (χ4n) is 2.17. The smallest absolute Gasteiger partial charge is 0.191 e. The topological polar surface area (TPSA) is 64.1 Å². The van der Waals surface area contributed by atoms with Crippen LogP contribution in [0.3, 0.4) is 0 Å². The molecule has 1 aliphatic rings. The fraction of sp³-hybridized carbons (Fsp3) is 0.611. The summed E-state index contributed by atoms with van der Waals surface area (Å²) in [6.07, 6.45) is 3.39. The minimum atomic E-state index is 0.541. The number of para-hydroxylation sites is 1. The highest BCUT2D eigenvalue weighted by molar-refractivity contribution is 5.80. The molecule has 0 heterocycles. The van der Waals surface area contributed by atoms with Crippen LogP contribution >= 0.6 is 0 Å². The van der Waals surface area contributed by atoms with Crippen LogP contribution < -0.4 is 15.4 Å². The third-order valence-electron chi connectivity index (χ3n) is 3.66. The predicted octanol–water partition coefficient (Wildman–Crippen LogP) is 1.95. The number of methoxy groups -OCH3 is 2. The summed E-state index contributed by atoms with van der Waals surface area (Å²) < 4.78 is 15.9. The number of nitrogens with zero attached hydrogens (tertiary/aromatic N) is 1. The van der Waals surface area contributed by atoms with E-state index < -0.39 is 0 Å². The molecule has 1 aromatic rings. The Morgan fingerprint density at radius 1 is 1.12 bits per heavy atom. The van der Waals surface area contributed by atoms with Crippen molar-refractivity contribution in [1.29, 1.82) is 0 Å². The highest BCUT2D eigenvalue weighted by atomic mass is 16.5. The van der Waals surface area contributed by atoms with Crippen molar-refractivity contribution < 1.29 is 14.2 Å². The molecule has 134 valence electrons. The van der Waals surface area contributed by atoms with Gasteiger partial charge in [0.15, 0.2) is 5.96 Å². The molecule has 6 nitrogen and oxygen atoms in total. The molecule has 1 fully saturated rings. The quantitative estimate of drug-likeness (QED) is 0.368. The van der Waals surface area contributed by atoms with Crippen LogP contribution in [0.25, 0.3) is 0 Å². The number of guanidine groups is 1. The Hall–Kier alpha value is -1.79. The summed E-state index contributed by atoms with van der Waals surface area (Å²) in [7, 11) is 3.39. The fourth-order valence-corrected chi connectivity index (χ4v) is 2.17. The monoisotopic (exact) mass is 335 g/mol. The number of rotatable bonds is 11. The van der Waals surface area contributed by atoms with Gasteiger partial charge in [-0.05, 0) is 25.3 Å². The minimum absolute atomic E-state index is 0.541. The molecule has 1 saturated carbocycles. The van der Waals surface area contributed by atoms with E-state index in [0.29, 0.717) is 25.8 Å². The molecule has 0 amide bonds. The normalized spacial score (nSPS) is 14.5. The van der Waals surface area contributed by atoms with E-state index in [1.54, 1.807) is 14.2 Å². The van der Waals surface area contributed by atoms with E-state index in [1.165, 1.54) is 12.8 Å². The first-order chi connectivity index (χ1) is 11.8. The summed E-state index contributed by atoms with van der Waals surface area (Å²) in [6.45, 7) is 3.29. The van der Waals surface area contributed by atoms with Gasteiger partial charge in [0.1, 0.15) is 12.4 Å². The number of nitrogens with one attached hydrogen (secondary N) is 2. The van der Waals surface area contributed by atoms with Crippen molar-refractivity contribution in [3.05, 3.63) is 29.8 Å². The SMILES string of the molecule is COCCCNC(=NCc1ccccc1OCCOC)NC1CC1. The van der Waals surface area contributed by atoms with Crippen molar-refractivity contribution >= 4 is 5.96 Å². The summed E-state index contributed by atoms with van der Waals surface area (Å²) in [4.78, 5) is 4.70. The van der Waals surface area contributed by atoms with E-state index in [0.717, 1.165) is 36.8 Å². The van der Waals surface area contributed by atoms with Crippen molar-refractivity contribution in [3.63, 3.8) is 0 Å². The molecule has 0 unspecified atom stereocenters. The Kier molecular flexibility index (Phi) is 8.41. The molecule has 2 rings (SSSR count). The number of ether oxygens (including phenoxy) is 3. The molecule has 0 spiro atoms. The lowest BCUT2D eigenvalue weighted by atomic mass is 10.2. The predicted molar refractivity (Wildman–Crippen MR) is 95.6 cm³/mol. The zero-order valence-corrected chi connectivity index (χ0v) is 14.7. The van der Waals surface area contributed by atoms with Crippen LogP contribution in [0.15, 0.2) is 29.3 Å². The van der Waals surface area contributed by atoms with E-state index >= 15 is 0 Å². The highest BCUT2D eigenvalue weighted by Gasteiger charge is 2.22. The molecule has 0 bridgehead atoms. The molecule has 0 aromatic heterocycles. The summed E-state index contributed by atoms with van der Waals surface area (Å²) in [6, 6.07) is 8.56. The van der Waals surface area contributed by atoms with Crippen LogP contribution in [0.5, 0.6) is 5.75 Å². The summed E-state index contributed by atoms with van der Waals surface area (Å²) in [5, 5.41) is 6.81. The standard InChI is InChI=1S/C18H29N3O3/c1-22-11-5-10-19-18(21-16-8-9-16)20-14-15-6-3-4-7-17(15)24-13-12-23-2/h3-4,6-7,16H,5,8-14H2,1-2H3,(H2,19,20,21). The van der Waals surface area contributed by atoms with Gasteiger partial charge in [-0.15, -0.1) is 0 Å². The van der Waals surface area contributed by atoms with Crippen molar-refractivity contribution in [2.24, 2.45) is 4.99 Å². The van der Waals surface area contributed by atoms with E-state index in [4.69, 9.17) is 19.2 Å². The molecule has 1 aliphatic carbocycles. The van der Waals surface area contributed by atoms with Crippen molar-refractivity contribution in [2.75, 3.05) is 40.6 Å². The maximum atomic E-state index is 5.76. The minimum Gasteiger partial charge on any atom is -0.491 e. The van der Waals surface area contributed by atoms with Gasteiger partial charge in [-0.2, -0.15) is 0 Å². The Bertz CT molecular complexity index is 504. The van der Waals surface area contributed by atoms with E-state index in [9.17, 15) is 0 Å². The van der Waals surface area contributed by atoms with Gasteiger partial charge >= 0.3 is 0 Å². The zero-order chi connectivity index (χ0) is 17.0. The summed E-state index contributed by atoms with van der Waals surface area (Å²) >= 11 is 0. The molecule has 24 heavy (non-hydrogen) atoms. The lowest BCUT2D eigenvalue weighted by Crippen LogP contribution is -2.39. The van der Waals surface area contributed by atoms with E-state index in [2.05, 4.69) is 10.6 Å². The van der Waals surface area contributed by atoms with E-state index in [-0.39, 0.29) is 0 Å². The molecular weight excluding hydrogens is 306 g/mol. The lowest BCUT2D eigenvalue weighted by Gasteiger charge is -2.13. The van der Waals surface area contributed by atoms with E-state index in [1.807, 2.05) is 24.3 Å². The average molecular weight is 335 g/mol.